The Morgan fingerprint density at radius 2 is 2.33 bits per heavy atom. The largest absolute Gasteiger partial charge is 0.396 e. The van der Waals surface area contributed by atoms with Crippen molar-refractivity contribution in [2.24, 2.45) is 5.84 Å². The molecule has 0 saturated carbocycles. The fraction of sp³-hybridized carbons (Fsp3) is 0.571. The summed E-state index contributed by atoms with van der Waals surface area (Å²) >= 11 is 1.65. The highest BCUT2D eigenvalue weighted by atomic mass is 32.1. The van der Waals surface area contributed by atoms with Crippen molar-refractivity contribution in [3.05, 3.63) is 10.9 Å². The van der Waals surface area contributed by atoms with Gasteiger partial charge in [-0.05, 0) is 38.7 Å². The van der Waals surface area contributed by atoms with Crippen LogP contribution in [0.2, 0.25) is 0 Å². The van der Waals surface area contributed by atoms with E-state index >= 15 is 0 Å². The van der Waals surface area contributed by atoms with E-state index in [0.29, 0.717) is 12.0 Å². The van der Waals surface area contributed by atoms with Crippen LogP contribution >= 0.6 is 11.3 Å². The van der Waals surface area contributed by atoms with Gasteiger partial charge in [0.15, 0.2) is 0 Å². The minimum absolute atomic E-state index is 0.208. The SMILES string of the molecule is Cc1cc2c(N3CCCCC3CCO)nc(NN)nc2s1. The van der Waals surface area contributed by atoms with Crippen molar-refractivity contribution in [1.29, 1.82) is 0 Å². The number of aryl methyl sites for hydroxylation is 1. The number of nitrogens with one attached hydrogen (secondary N) is 1. The molecule has 4 N–H and O–H groups in total. The van der Waals surface area contributed by atoms with Crippen molar-refractivity contribution in [1.82, 2.24) is 9.97 Å². The Hall–Kier alpha value is -1.44. The Labute approximate surface area is 128 Å². The molecule has 3 heterocycles. The molecule has 0 aromatic carbocycles. The van der Waals surface area contributed by atoms with Gasteiger partial charge in [-0.15, -0.1) is 11.3 Å². The lowest BCUT2D eigenvalue weighted by Crippen LogP contribution is -2.41. The number of fused-ring (bicyclic) bond motifs is 1. The van der Waals surface area contributed by atoms with Crippen molar-refractivity contribution in [3.8, 4) is 0 Å². The molecule has 114 valence electrons. The van der Waals surface area contributed by atoms with Gasteiger partial charge in [0, 0.05) is 24.1 Å². The number of thiophene rings is 1. The van der Waals surface area contributed by atoms with E-state index in [1.807, 2.05) is 0 Å². The summed E-state index contributed by atoms with van der Waals surface area (Å²) < 4.78 is 0. The molecule has 7 heteroatoms. The monoisotopic (exact) mass is 307 g/mol. The lowest BCUT2D eigenvalue weighted by Gasteiger charge is -2.36. The summed E-state index contributed by atoms with van der Waals surface area (Å²) in [5.74, 6) is 6.90. The number of hydrazine groups is 1. The first-order valence-corrected chi connectivity index (χ1v) is 8.17. The molecule has 1 aliphatic rings. The minimum atomic E-state index is 0.208. The van der Waals surface area contributed by atoms with Crippen molar-refractivity contribution in [2.45, 2.75) is 38.6 Å². The molecule has 1 aliphatic heterocycles. The lowest BCUT2D eigenvalue weighted by atomic mass is 9.99. The van der Waals surface area contributed by atoms with Gasteiger partial charge in [-0.1, -0.05) is 0 Å². The number of aliphatic hydroxyl groups excluding tert-OH is 1. The summed E-state index contributed by atoms with van der Waals surface area (Å²) in [4.78, 5) is 13.5. The van der Waals surface area contributed by atoms with Crippen molar-refractivity contribution in [3.63, 3.8) is 0 Å². The standard InChI is InChI=1S/C14H21N5OS/c1-9-8-11-12(16-14(18-15)17-13(11)21-9)19-6-3-2-4-10(19)5-7-20/h8,10,20H,2-7,15H2,1H3,(H,16,17,18). The number of aliphatic hydroxyl groups is 1. The van der Waals surface area contributed by atoms with Crippen molar-refractivity contribution in [2.75, 3.05) is 23.5 Å². The fourth-order valence-electron chi connectivity index (χ4n) is 3.04. The Morgan fingerprint density at radius 3 is 3.10 bits per heavy atom. The first-order valence-electron chi connectivity index (χ1n) is 7.35. The molecule has 2 aromatic rings. The smallest absolute Gasteiger partial charge is 0.240 e. The maximum absolute atomic E-state index is 9.31. The van der Waals surface area contributed by atoms with Crippen LogP contribution in [0.5, 0.6) is 0 Å². The highest BCUT2D eigenvalue weighted by molar-refractivity contribution is 7.18. The number of nitrogens with two attached hydrogens (primary N) is 1. The molecule has 3 rings (SSSR count). The molecule has 2 aromatic heterocycles. The lowest BCUT2D eigenvalue weighted by molar-refractivity contribution is 0.262. The van der Waals surface area contributed by atoms with Crippen molar-refractivity contribution >= 4 is 33.3 Å². The molecule has 0 radical (unpaired) electrons. The molecular formula is C14H21N5OS. The predicted octanol–water partition coefficient (Wildman–Crippen LogP) is 2.03. The molecule has 1 saturated heterocycles. The van der Waals surface area contributed by atoms with Gasteiger partial charge < -0.3 is 10.0 Å². The molecule has 1 unspecified atom stereocenters. The number of hydrogen-bond donors (Lipinski definition) is 3. The topological polar surface area (TPSA) is 87.3 Å². The third-order valence-electron chi connectivity index (χ3n) is 3.99. The number of rotatable bonds is 4. The van der Waals surface area contributed by atoms with Crippen LogP contribution in [0, 0.1) is 6.92 Å². The van der Waals surface area contributed by atoms with E-state index in [1.54, 1.807) is 11.3 Å². The van der Waals surface area contributed by atoms with Crippen LogP contribution in [0.25, 0.3) is 10.2 Å². The Morgan fingerprint density at radius 1 is 1.48 bits per heavy atom. The van der Waals surface area contributed by atoms with Crippen LogP contribution in [-0.2, 0) is 0 Å². The summed E-state index contributed by atoms with van der Waals surface area (Å²) in [5.41, 5.74) is 2.56. The maximum Gasteiger partial charge on any atom is 0.240 e. The summed E-state index contributed by atoms with van der Waals surface area (Å²) in [5, 5.41) is 10.4. The van der Waals surface area contributed by atoms with Gasteiger partial charge in [-0.25, -0.2) is 10.8 Å². The second-order valence-corrected chi connectivity index (χ2v) is 6.68. The normalized spacial score (nSPS) is 19.2. The summed E-state index contributed by atoms with van der Waals surface area (Å²) in [7, 11) is 0. The molecule has 0 aliphatic carbocycles. The third kappa shape index (κ3) is 2.81. The van der Waals surface area contributed by atoms with Gasteiger partial charge in [-0.2, -0.15) is 4.98 Å². The summed E-state index contributed by atoms with van der Waals surface area (Å²) in [6.07, 6.45) is 4.24. The van der Waals surface area contributed by atoms with E-state index in [0.717, 1.165) is 41.8 Å². The number of anilines is 2. The highest BCUT2D eigenvalue weighted by Crippen LogP contribution is 2.35. The average molecular weight is 307 g/mol. The second-order valence-electron chi connectivity index (χ2n) is 5.45. The van der Waals surface area contributed by atoms with Gasteiger partial charge in [-0.3, -0.25) is 5.43 Å². The van der Waals surface area contributed by atoms with Gasteiger partial charge in [0.05, 0.1) is 5.39 Å². The van der Waals surface area contributed by atoms with Crippen LogP contribution in [0.3, 0.4) is 0 Å². The summed E-state index contributed by atoms with van der Waals surface area (Å²) in [6.45, 7) is 3.25. The summed E-state index contributed by atoms with van der Waals surface area (Å²) in [6, 6.07) is 2.48. The average Bonchev–Trinajstić information content (AvgIpc) is 2.87. The molecular weight excluding hydrogens is 286 g/mol. The van der Waals surface area contributed by atoms with Crippen LogP contribution in [0.1, 0.15) is 30.6 Å². The van der Waals surface area contributed by atoms with Crippen LogP contribution in [-0.4, -0.2) is 34.3 Å². The number of aromatic nitrogens is 2. The predicted molar refractivity (Wildman–Crippen MR) is 86.6 cm³/mol. The van der Waals surface area contributed by atoms with Gasteiger partial charge in [0.25, 0.3) is 0 Å². The van der Waals surface area contributed by atoms with E-state index < -0.39 is 0 Å². The van der Waals surface area contributed by atoms with E-state index in [1.165, 1.54) is 11.3 Å². The first-order chi connectivity index (χ1) is 10.2. The quantitative estimate of drug-likeness (QED) is 0.592. The molecule has 0 spiro atoms. The minimum Gasteiger partial charge on any atom is -0.396 e. The number of hydrogen-bond acceptors (Lipinski definition) is 7. The Bertz CT molecular complexity index is 627. The van der Waals surface area contributed by atoms with Crippen molar-refractivity contribution < 1.29 is 5.11 Å². The Balaban J connectivity index is 2.08. The number of piperidine rings is 1. The van der Waals surface area contributed by atoms with Gasteiger partial charge >= 0.3 is 0 Å². The first kappa shape index (κ1) is 14.5. The van der Waals surface area contributed by atoms with E-state index in [4.69, 9.17) is 5.84 Å². The third-order valence-corrected chi connectivity index (χ3v) is 4.93. The van der Waals surface area contributed by atoms with Crippen LogP contribution in [0.4, 0.5) is 11.8 Å². The van der Waals surface area contributed by atoms with Gasteiger partial charge in [0.1, 0.15) is 10.6 Å². The molecule has 1 fully saturated rings. The van der Waals surface area contributed by atoms with Crippen LogP contribution < -0.4 is 16.2 Å². The molecule has 0 bridgehead atoms. The molecule has 21 heavy (non-hydrogen) atoms. The Kier molecular flexibility index (Phi) is 4.23. The fourth-order valence-corrected chi connectivity index (χ4v) is 3.91. The zero-order valence-corrected chi connectivity index (χ0v) is 13.0. The van der Waals surface area contributed by atoms with E-state index in [2.05, 4.69) is 33.3 Å². The zero-order chi connectivity index (χ0) is 14.8. The highest BCUT2D eigenvalue weighted by Gasteiger charge is 2.26. The van der Waals surface area contributed by atoms with E-state index in [-0.39, 0.29) is 6.61 Å². The number of nitrogen functional groups attached to an aromatic ring is 1. The molecule has 0 amide bonds. The van der Waals surface area contributed by atoms with Gasteiger partial charge in [0.2, 0.25) is 5.95 Å². The van der Waals surface area contributed by atoms with E-state index in [9.17, 15) is 5.11 Å². The number of nitrogens with zero attached hydrogens (tertiary/aromatic N) is 3. The molecule has 1 atom stereocenters. The maximum atomic E-state index is 9.31. The molecule has 6 nitrogen and oxygen atoms in total. The zero-order valence-electron chi connectivity index (χ0n) is 12.2. The second kappa shape index (κ2) is 6.13. The van der Waals surface area contributed by atoms with Crippen LogP contribution in [0.15, 0.2) is 6.07 Å².